The fourth-order valence-corrected chi connectivity index (χ4v) is 1.27. The van der Waals surface area contributed by atoms with Crippen LogP contribution in [-0.4, -0.2) is 38.2 Å². The van der Waals surface area contributed by atoms with Crippen molar-refractivity contribution in [3.05, 3.63) is 0 Å². The zero-order valence-corrected chi connectivity index (χ0v) is 7.08. The molecule has 68 valence electrons. The fourth-order valence-electron chi connectivity index (χ4n) is 1.27. The van der Waals surface area contributed by atoms with Gasteiger partial charge in [-0.15, -0.1) is 0 Å². The third kappa shape index (κ3) is 1.95. The van der Waals surface area contributed by atoms with Crippen molar-refractivity contribution in [3.63, 3.8) is 0 Å². The van der Waals surface area contributed by atoms with Crippen molar-refractivity contribution < 1.29 is 9.47 Å². The molecule has 4 heteroatoms. The number of hydrogen-bond acceptors (Lipinski definition) is 4. The molecule has 2 fully saturated rings. The molecule has 0 saturated carbocycles. The highest BCUT2D eigenvalue weighted by atomic mass is 16.5. The SMILES string of the molecule is C1CC(NN=C2COC2)CCO1. The summed E-state index contributed by atoms with van der Waals surface area (Å²) in [4.78, 5) is 0. The molecular weight excluding hydrogens is 156 g/mol. The molecule has 0 aromatic carbocycles. The molecule has 0 aromatic rings. The van der Waals surface area contributed by atoms with Crippen LogP contribution in [0, 0.1) is 0 Å². The minimum absolute atomic E-state index is 0.506. The topological polar surface area (TPSA) is 42.9 Å². The molecular formula is C8H14N2O2. The summed E-state index contributed by atoms with van der Waals surface area (Å²) in [5, 5.41) is 4.24. The molecule has 2 aliphatic rings. The Hall–Kier alpha value is -0.610. The van der Waals surface area contributed by atoms with Crippen molar-refractivity contribution in [2.24, 2.45) is 5.10 Å². The highest BCUT2D eigenvalue weighted by Crippen LogP contribution is 2.06. The van der Waals surface area contributed by atoms with Crippen LogP contribution in [0.4, 0.5) is 0 Å². The molecule has 0 aromatic heterocycles. The van der Waals surface area contributed by atoms with Gasteiger partial charge in [-0.3, -0.25) is 0 Å². The number of ether oxygens (including phenoxy) is 2. The molecule has 0 bridgehead atoms. The van der Waals surface area contributed by atoms with Gasteiger partial charge in [-0.2, -0.15) is 5.10 Å². The Morgan fingerprint density at radius 2 is 1.92 bits per heavy atom. The standard InChI is InChI=1S/C8H14N2O2/c1-3-11-4-2-7(1)9-10-8-5-12-6-8/h7,9H,1-6H2. The molecule has 0 radical (unpaired) electrons. The van der Waals surface area contributed by atoms with Crippen molar-refractivity contribution in [1.29, 1.82) is 0 Å². The lowest BCUT2D eigenvalue weighted by molar-refractivity contribution is 0.0777. The van der Waals surface area contributed by atoms with E-state index in [2.05, 4.69) is 10.5 Å². The molecule has 0 spiro atoms. The minimum atomic E-state index is 0.506. The van der Waals surface area contributed by atoms with E-state index in [0.29, 0.717) is 19.3 Å². The lowest BCUT2D eigenvalue weighted by Crippen LogP contribution is -2.36. The zero-order chi connectivity index (χ0) is 8.23. The predicted octanol–water partition coefficient (Wildman–Crippen LogP) is 0.141. The number of nitrogens with zero attached hydrogens (tertiary/aromatic N) is 1. The van der Waals surface area contributed by atoms with E-state index in [1.165, 1.54) is 0 Å². The quantitative estimate of drug-likeness (QED) is 0.599. The molecule has 1 N–H and O–H groups in total. The van der Waals surface area contributed by atoms with Crippen molar-refractivity contribution in [2.75, 3.05) is 26.4 Å². The van der Waals surface area contributed by atoms with Crippen molar-refractivity contribution >= 4 is 5.71 Å². The molecule has 0 unspecified atom stereocenters. The normalized spacial score (nSPS) is 24.8. The largest absolute Gasteiger partial charge is 0.381 e. The maximum atomic E-state index is 5.23. The minimum Gasteiger partial charge on any atom is -0.381 e. The summed E-state index contributed by atoms with van der Waals surface area (Å²) in [7, 11) is 0. The first-order valence-corrected chi connectivity index (χ1v) is 4.41. The van der Waals surface area contributed by atoms with Gasteiger partial charge in [0.1, 0.15) is 0 Å². The van der Waals surface area contributed by atoms with Crippen LogP contribution >= 0.6 is 0 Å². The second-order valence-electron chi connectivity index (χ2n) is 3.19. The summed E-state index contributed by atoms with van der Waals surface area (Å²) < 4.78 is 10.2. The van der Waals surface area contributed by atoms with E-state index in [0.717, 1.165) is 31.8 Å². The summed E-state index contributed by atoms with van der Waals surface area (Å²) >= 11 is 0. The molecule has 0 atom stereocenters. The van der Waals surface area contributed by atoms with Gasteiger partial charge in [-0.05, 0) is 12.8 Å². The lowest BCUT2D eigenvalue weighted by atomic mass is 10.1. The average Bonchev–Trinajstić information content (AvgIpc) is 2.04. The smallest absolute Gasteiger partial charge is 0.0895 e. The fraction of sp³-hybridized carbons (Fsp3) is 0.875. The Morgan fingerprint density at radius 1 is 1.17 bits per heavy atom. The highest BCUT2D eigenvalue weighted by Gasteiger charge is 2.14. The van der Waals surface area contributed by atoms with Crippen molar-refractivity contribution in [1.82, 2.24) is 5.43 Å². The molecule has 2 aliphatic heterocycles. The van der Waals surface area contributed by atoms with E-state index >= 15 is 0 Å². The summed E-state index contributed by atoms with van der Waals surface area (Å²) in [6, 6.07) is 0.506. The predicted molar refractivity (Wildman–Crippen MR) is 45.2 cm³/mol. The first-order valence-electron chi connectivity index (χ1n) is 4.41. The summed E-state index contributed by atoms with van der Waals surface area (Å²) in [6.45, 7) is 3.13. The van der Waals surface area contributed by atoms with E-state index in [1.807, 2.05) is 0 Å². The van der Waals surface area contributed by atoms with Gasteiger partial charge in [0.25, 0.3) is 0 Å². The van der Waals surface area contributed by atoms with E-state index in [9.17, 15) is 0 Å². The van der Waals surface area contributed by atoms with Crippen molar-refractivity contribution in [2.45, 2.75) is 18.9 Å². The second kappa shape index (κ2) is 3.87. The van der Waals surface area contributed by atoms with Gasteiger partial charge >= 0.3 is 0 Å². The number of hydrazone groups is 1. The monoisotopic (exact) mass is 170 g/mol. The van der Waals surface area contributed by atoms with Crippen molar-refractivity contribution in [3.8, 4) is 0 Å². The second-order valence-corrected chi connectivity index (χ2v) is 3.19. The van der Waals surface area contributed by atoms with Crippen LogP contribution in [0.3, 0.4) is 0 Å². The number of rotatable bonds is 2. The maximum Gasteiger partial charge on any atom is 0.0895 e. The van der Waals surface area contributed by atoms with E-state index in [-0.39, 0.29) is 0 Å². The Kier molecular flexibility index (Phi) is 2.58. The summed E-state index contributed by atoms with van der Waals surface area (Å²) in [6.07, 6.45) is 2.13. The number of hydrogen-bond donors (Lipinski definition) is 1. The van der Waals surface area contributed by atoms with Crippen LogP contribution in [0.2, 0.25) is 0 Å². The Bertz CT molecular complexity index is 170. The number of nitrogens with one attached hydrogen (secondary N) is 1. The molecule has 0 amide bonds. The first kappa shape index (κ1) is 8.01. The molecule has 2 rings (SSSR count). The maximum absolute atomic E-state index is 5.23. The molecule has 12 heavy (non-hydrogen) atoms. The third-order valence-corrected chi connectivity index (χ3v) is 2.16. The van der Waals surface area contributed by atoms with Crippen LogP contribution in [0.15, 0.2) is 5.10 Å². The Balaban J connectivity index is 1.70. The van der Waals surface area contributed by atoms with Gasteiger partial charge in [0.2, 0.25) is 0 Å². The van der Waals surface area contributed by atoms with Crippen LogP contribution in [0.1, 0.15) is 12.8 Å². The highest BCUT2D eigenvalue weighted by molar-refractivity contribution is 5.90. The summed E-state index contributed by atoms with van der Waals surface area (Å²) in [5.74, 6) is 0. The van der Waals surface area contributed by atoms with E-state index in [4.69, 9.17) is 9.47 Å². The third-order valence-electron chi connectivity index (χ3n) is 2.16. The van der Waals surface area contributed by atoms with Gasteiger partial charge in [0.15, 0.2) is 0 Å². The zero-order valence-electron chi connectivity index (χ0n) is 7.08. The van der Waals surface area contributed by atoms with Crippen LogP contribution in [0.25, 0.3) is 0 Å². The molecule has 0 aliphatic carbocycles. The van der Waals surface area contributed by atoms with Gasteiger partial charge in [-0.1, -0.05) is 0 Å². The Labute approximate surface area is 71.9 Å². The Morgan fingerprint density at radius 3 is 2.50 bits per heavy atom. The average molecular weight is 170 g/mol. The van der Waals surface area contributed by atoms with E-state index < -0.39 is 0 Å². The van der Waals surface area contributed by atoms with Gasteiger partial charge in [0.05, 0.1) is 18.9 Å². The van der Waals surface area contributed by atoms with Gasteiger partial charge in [-0.25, -0.2) is 0 Å². The first-order chi connectivity index (χ1) is 5.95. The van der Waals surface area contributed by atoms with Gasteiger partial charge in [0, 0.05) is 19.3 Å². The van der Waals surface area contributed by atoms with E-state index in [1.54, 1.807) is 0 Å². The molecule has 4 nitrogen and oxygen atoms in total. The van der Waals surface area contributed by atoms with Crippen LogP contribution in [0.5, 0.6) is 0 Å². The summed E-state index contributed by atoms with van der Waals surface area (Å²) in [5.41, 5.74) is 4.28. The molecule has 2 saturated heterocycles. The van der Waals surface area contributed by atoms with Crippen LogP contribution in [-0.2, 0) is 9.47 Å². The lowest BCUT2D eigenvalue weighted by Gasteiger charge is -2.23. The van der Waals surface area contributed by atoms with Gasteiger partial charge < -0.3 is 14.9 Å². The molecule has 2 heterocycles. The van der Waals surface area contributed by atoms with Crippen LogP contribution < -0.4 is 5.43 Å².